The monoisotopic (exact) mass is 1890 g/mol. The van der Waals surface area contributed by atoms with Crippen molar-refractivity contribution in [2.24, 2.45) is 170 Å². The summed E-state index contributed by atoms with van der Waals surface area (Å²) in [7, 11) is 2.62. The molecule has 2 N–H and O–H groups in total. The minimum Gasteiger partial charge on any atom is -0.469 e. The number of aliphatic hydroxyl groups is 2. The minimum absolute atomic E-state index is 0.00763. The molecule has 0 amide bonds. The van der Waals surface area contributed by atoms with E-state index in [1.165, 1.54) is 91.3 Å². The normalized spacial score (nSPS) is 41.5. The van der Waals surface area contributed by atoms with E-state index in [2.05, 4.69) is 34.6 Å². The second-order valence-electron chi connectivity index (χ2n) is 49.5. The van der Waals surface area contributed by atoms with E-state index >= 15 is 0 Å². The molecule has 26 heteroatoms. The van der Waals surface area contributed by atoms with Crippen LogP contribution in [0.5, 0.6) is 0 Å². The van der Waals surface area contributed by atoms with Crippen molar-refractivity contribution in [3.05, 3.63) is 0 Å². The van der Waals surface area contributed by atoms with E-state index in [1.54, 1.807) is 27.7 Å². The predicted octanol–water partition coefficient (Wildman–Crippen LogP) is 18.2. The Hall–Kier alpha value is -6.44. The Morgan fingerprint density at radius 3 is 1.19 bits per heavy atom. The van der Waals surface area contributed by atoms with E-state index in [-0.39, 0.29) is 147 Å². The number of ether oxygens (including phenoxy) is 12. The Kier molecular flexibility index (Phi) is 30.8. The van der Waals surface area contributed by atoms with E-state index in [0.29, 0.717) is 87.6 Å². The highest BCUT2D eigenvalue weighted by molar-refractivity contribution is 5.88. The third-order valence-corrected chi connectivity index (χ3v) is 39.1. The Labute approximate surface area is 803 Å². The van der Waals surface area contributed by atoms with Crippen LogP contribution in [0.2, 0.25) is 0 Å². The number of hydrogen-bond donors (Lipinski definition) is 2. The summed E-state index contributed by atoms with van der Waals surface area (Å²) < 4.78 is 65.5. The van der Waals surface area contributed by atoms with Crippen molar-refractivity contribution in [3.63, 3.8) is 0 Å². The van der Waals surface area contributed by atoms with Gasteiger partial charge in [0.15, 0.2) is 0 Å². The van der Waals surface area contributed by atoms with Gasteiger partial charge < -0.3 is 67.1 Å². The zero-order chi connectivity index (χ0) is 98.5. The van der Waals surface area contributed by atoms with Gasteiger partial charge in [0.05, 0.1) is 95.6 Å². The van der Waals surface area contributed by atoms with Gasteiger partial charge in [0.25, 0.3) is 0 Å². The molecular weight excluding hydrogens is 1730 g/mol. The van der Waals surface area contributed by atoms with Crippen molar-refractivity contribution < 1.29 is 125 Å². The number of carbonyl (C=O) groups excluding carboxylic acids is 12. The molecule has 3 aliphatic heterocycles. The van der Waals surface area contributed by atoms with Gasteiger partial charge in [0.1, 0.15) is 46.8 Å². The lowest BCUT2D eigenvalue weighted by atomic mass is 9.46. The Morgan fingerprint density at radius 2 is 0.800 bits per heavy atom. The third kappa shape index (κ3) is 20.5. The van der Waals surface area contributed by atoms with Crippen LogP contribution in [0.3, 0.4) is 0 Å². The molecule has 23 fully saturated rings. The van der Waals surface area contributed by atoms with Gasteiger partial charge in [-0.15, -0.1) is 0 Å². The lowest BCUT2D eigenvalue weighted by Gasteiger charge is -2.61. The quantitative estimate of drug-likeness (QED) is 0.0487. The summed E-state index contributed by atoms with van der Waals surface area (Å²) in [6.45, 7) is 40.0. The molecule has 760 valence electrons. The van der Waals surface area contributed by atoms with Crippen molar-refractivity contribution in [2.75, 3.05) is 20.8 Å². The molecule has 20 bridgehead atoms. The molecule has 20 saturated carbocycles. The molecule has 0 aromatic carbocycles. The number of hydrogen-bond acceptors (Lipinski definition) is 26. The fourth-order valence-corrected chi connectivity index (χ4v) is 30.8. The van der Waals surface area contributed by atoms with Crippen molar-refractivity contribution in [1.29, 1.82) is 0 Å². The van der Waals surface area contributed by atoms with Gasteiger partial charge in [0, 0.05) is 54.3 Å². The first kappa shape index (κ1) is 104. The lowest BCUT2D eigenvalue weighted by molar-refractivity contribution is -0.225. The zero-order valence-corrected chi connectivity index (χ0v) is 85.8. The van der Waals surface area contributed by atoms with Crippen molar-refractivity contribution >= 4 is 71.6 Å². The average molecular weight is 1890 g/mol. The topological polar surface area (TPSA) is 356 Å². The molecule has 0 spiro atoms. The molecule has 3 heterocycles. The van der Waals surface area contributed by atoms with Gasteiger partial charge >= 0.3 is 71.6 Å². The van der Waals surface area contributed by atoms with Gasteiger partial charge in [-0.2, -0.15) is 0 Å². The van der Waals surface area contributed by atoms with E-state index in [4.69, 9.17) is 56.8 Å². The molecule has 0 radical (unpaired) electrons. The van der Waals surface area contributed by atoms with Crippen LogP contribution >= 0.6 is 0 Å². The van der Waals surface area contributed by atoms with Crippen LogP contribution in [0.4, 0.5) is 0 Å². The Morgan fingerprint density at radius 1 is 0.407 bits per heavy atom. The molecule has 0 aromatic rings. The third-order valence-electron chi connectivity index (χ3n) is 39.1. The van der Waals surface area contributed by atoms with Crippen LogP contribution in [0, 0.1) is 170 Å². The maximum absolute atomic E-state index is 12.7. The van der Waals surface area contributed by atoms with E-state index in [9.17, 15) is 67.7 Å². The highest BCUT2D eigenvalue weighted by Gasteiger charge is 2.74. The van der Waals surface area contributed by atoms with Gasteiger partial charge in [0.2, 0.25) is 6.10 Å². The van der Waals surface area contributed by atoms with Crippen molar-refractivity contribution in [1.82, 2.24) is 0 Å². The van der Waals surface area contributed by atoms with Crippen molar-refractivity contribution in [2.45, 2.75) is 421 Å². The molecule has 23 rings (SSSR count). The largest absolute Gasteiger partial charge is 0.469 e. The molecule has 28 unspecified atom stereocenters. The number of rotatable bonds is 25. The summed E-state index contributed by atoms with van der Waals surface area (Å²) in [5, 5.41) is 21.2. The fraction of sp³-hybridized carbons (Fsp3) is 0.890. The number of methoxy groups -OCH3 is 2. The van der Waals surface area contributed by atoms with E-state index in [1.807, 2.05) is 76.2 Å². The van der Waals surface area contributed by atoms with Crippen molar-refractivity contribution in [3.8, 4) is 0 Å². The summed E-state index contributed by atoms with van der Waals surface area (Å²) in [6.07, 6.45) is 32.2. The van der Waals surface area contributed by atoms with Gasteiger partial charge in [-0.1, -0.05) is 83.1 Å². The highest BCUT2D eigenvalue weighted by atomic mass is 16.6. The van der Waals surface area contributed by atoms with E-state index < -0.39 is 81.9 Å². The minimum atomic E-state index is -0.687. The van der Waals surface area contributed by atoms with Crippen LogP contribution < -0.4 is 0 Å². The average Bonchev–Trinajstić information content (AvgIpc) is 1.77. The molecule has 3 saturated heterocycles. The number of esters is 12. The molecule has 0 aromatic heterocycles. The first-order chi connectivity index (χ1) is 63.4. The Balaban J connectivity index is 0.000000127. The summed E-state index contributed by atoms with van der Waals surface area (Å²) in [5.41, 5.74) is -3.20. The van der Waals surface area contributed by atoms with E-state index in [0.717, 1.165) is 137 Å². The molecular formula is C109H168O26. The van der Waals surface area contributed by atoms with Gasteiger partial charge in [-0.25, -0.2) is 4.79 Å². The molecule has 135 heavy (non-hydrogen) atoms. The molecule has 26 nitrogen and oxygen atoms in total. The first-order valence-corrected chi connectivity index (χ1v) is 53.1. The number of fused-ring (bicyclic) bond motifs is 11. The molecule has 23 aliphatic rings. The summed E-state index contributed by atoms with van der Waals surface area (Å²) in [5.74, 6) is 4.65. The lowest BCUT2D eigenvalue weighted by Crippen LogP contribution is -2.61. The van der Waals surface area contributed by atoms with Gasteiger partial charge in [-0.3, -0.25) is 52.7 Å². The molecule has 20 aliphatic carbocycles. The smallest absolute Gasteiger partial charge is 0.347 e. The van der Waals surface area contributed by atoms with Crippen LogP contribution in [-0.2, 0) is 114 Å². The first-order valence-electron chi connectivity index (χ1n) is 53.1. The van der Waals surface area contributed by atoms with Crippen LogP contribution in [0.25, 0.3) is 0 Å². The Bertz CT molecular complexity index is 4210. The SMILES string of the molecule is CCC(C)(C)C(=O)OC1(CC)CC2CC1C1C3CCC(C3)C21.CCC(C)(C)C(=O)OC12CC3CC(CC(O)(C3)C1)C2.CCC(C)(C)C(=O)OC1CCOC1=O.CCC(C)C(=O)OC(C)(C)C12CC3CC(CC(C3)C1)C2.CCC(C)C(=O)OC12CC3CC(CC(O)(C3)C1)C2.CCC(C)C(=O)OC1C2CC3C1OC(=O)C3C2C(=O)OC.CCC(C)C(=O)OC1C2CC3C1OC(=O)C3C2C(=O)OC. The summed E-state index contributed by atoms with van der Waals surface area (Å²) in [4.78, 5) is 144. The standard InChI is InChI=1S/C20H32O2.C18H30O2.C16H26O3.2C15H20O6.C15H24O3.C10H16O4/c1-5-19(3,4)18(21)22-20(6-2)11-14-10-15(20)17-13-8-7-12(9-13)16(14)17;1-5-12(2)16(19)20-17(3,4)18-9-13-6-14(10-18)8-15(7-13)11-18;1-4-14(2,3)13(17)19-16-8-11-5-12(9-16)7-15(18,6-11)10-16;2*1-4-6(2)13(16)20-11-7-5-8-10(9(7)14(17)19-3)15(18)21-12(8)11;1-3-10(2)13(16)18-15-7-11-4-12(8-15)6-14(17,5-11)9-15;1-4-10(2,3)9(12)14-7-5-6-13-8(7)11/h12-17H,5-11H2,1-4H3;12-15H,5-11H2,1-4H3;11-12,18H,4-10H2,1-3H3;2*6-12H,4-5H2,1-3H3;10-12,17H,3-9H2,1-2H3;7H,4-6H2,1-3H3. The molecule has 28 atom stereocenters. The zero-order valence-electron chi connectivity index (χ0n) is 85.8. The number of carbonyl (C=O) groups is 12. The maximum atomic E-state index is 12.7. The second kappa shape index (κ2) is 39.8. The summed E-state index contributed by atoms with van der Waals surface area (Å²) >= 11 is 0. The van der Waals surface area contributed by atoms with Crippen LogP contribution in [-0.4, -0.2) is 167 Å². The van der Waals surface area contributed by atoms with Crippen LogP contribution in [0.15, 0.2) is 0 Å². The summed E-state index contributed by atoms with van der Waals surface area (Å²) in [6, 6.07) is 0. The van der Waals surface area contributed by atoms with Gasteiger partial charge in [-0.05, 0) is 325 Å². The second-order valence-corrected chi connectivity index (χ2v) is 49.5. The van der Waals surface area contributed by atoms with Crippen LogP contribution in [0.1, 0.15) is 357 Å². The highest BCUT2D eigenvalue weighted by Crippen LogP contribution is 2.72. The number of cyclic esters (lactones) is 1. The fourth-order valence-electron chi connectivity index (χ4n) is 30.8. The maximum Gasteiger partial charge on any atom is 0.347 e. The predicted molar refractivity (Wildman–Crippen MR) is 497 cm³/mol.